The first-order valence-electron chi connectivity index (χ1n) is 16.5. The lowest BCUT2D eigenvalue weighted by molar-refractivity contribution is -0.129. The van der Waals surface area contributed by atoms with Crippen LogP contribution < -0.4 is 14.8 Å². The van der Waals surface area contributed by atoms with Gasteiger partial charge >= 0.3 is 0 Å². The highest BCUT2D eigenvalue weighted by Gasteiger charge is 2.52. The fraction of sp³-hybridized carbons (Fsp3) is 0.190. The highest BCUT2D eigenvalue weighted by Crippen LogP contribution is 2.43. The van der Waals surface area contributed by atoms with Crippen LogP contribution in [-0.2, 0) is 16.1 Å². The molecule has 1 aliphatic heterocycles. The van der Waals surface area contributed by atoms with Gasteiger partial charge in [-0.15, -0.1) is 0 Å². The van der Waals surface area contributed by atoms with E-state index in [2.05, 4.69) is 29.6 Å². The average Bonchev–Trinajstić information content (AvgIpc) is 3.56. The van der Waals surface area contributed by atoms with E-state index in [4.69, 9.17) is 24.3 Å². The summed E-state index contributed by atoms with van der Waals surface area (Å²) in [6, 6.07) is 43.4. The van der Waals surface area contributed by atoms with Crippen LogP contribution in [0.2, 0.25) is 0 Å². The third-order valence-electron chi connectivity index (χ3n) is 8.50. The topological polar surface area (TPSA) is 89.4 Å². The summed E-state index contributed by atoms with van der Waals surface area (Å²) in [7, 11) is 1.63. The number of methoxy groups -OCH3 is 1. The van der Waals surface area contributed by atoms with Crippen molar-refractivity contribution in [3.63, 3.8) is 0 Å². The molecule has 0 spiro atoms. The van der Waals surface area contributed by atoms with Crippen LogP contribution in [-0.4, -0.2) is 42.8 Å². The van der Waals surface area contributed by atoms with Crippen molar-refractivity contribution in [1.82, 2.24) is 5.32 Å². The third kappa shape index (κ3) is 8.08. The van der Waals surface area contributed by atoms with Crippen LogP contribution in [0.1, 0.15) is 41.2 Å². The summed E-state index contributed by atoms with van der Waals surface area (Å²) in [5.41, 5.74) is 4.41. The van der Waals surface area contributed by atoms with Gasteiger partial charge in [-0.3, -0.25) is 4.79 Å². The van der Waals surface area contributed by atoms with Crippen LogP contribution >= 0.6 is 0 Å². The molecule has 2 N–H and O–H groups in total. The smallest absolute Gasteiger partial charge is 0.252 e. The number of amides is 1. The van der Waals surface area contributed by atoms with Crippen LogP contribution in [0, 0.1) is 0 Å². The zero-order chi connectivity index (χ0) is 33.9. The van der Waals surface area contributed by atoms with Crippen molar-refractivity contribution in [2.24, 2.45) is 4.99 Å². The van der Waals surface area contributed by atoms with Crippen molar-refractivity contribution in [3.05, 3.63) is 162 Å². The van der Waals surface area contributed by atoms with Crippen LogP contribution in [0.15, 0.2) is 145 Å². The van der Waals surface area contributed by atoms with Crippen LogP contribution in [0.25, 0.3) is 17.2 Å². The molecule has 0 saturated carbocycles. The van der Waals surface area contributed by atoms with E-state index in [9.17, 15) is 4.79 Å². The molecule has 0 aromatic heterocycles. The third-order valence-corrected chi connectivity index (χ3v) is 8.50. The van der Waals surface area contributed by atoms with Crippen molar-refractivity contribution >= 4 is 17.9 Å². The van der Waals surface area contributed by atoms with Gasteiger partial charge in [0, 0.05) is 31.6 Å². The molecule has 1 aliphatic rings. The first-order valence-corrected chi connectivity index (χ1v) is 16.5. The summed E-state index contributed by atoms with van der Waals surface area (Å²) in [4.78, 5) is 19.7. The van der Waals surface area contributed by atoms with Crippen LogP contribution in [0.4, 0.5) is 0 Å². The number of hydrogen-bond donors (Lipinski definition) is 2. The standard InChI is InChI=1S/C42H40N2O5/c1-47-37-23-15-32(16-24-37)30-43-41(46)42(27-8-12-31-10-4-2-5-11-31)39(35-19-17-34(18-20-35)33-13-6-3-7-14-33)49-40(44-42)36-21-25-38(26-22-36)48-29-9-28-45/h2-8,10-26,39,45H,9,27-30H2,1H3,(H,43,46)/b12-8+/t39-,42-/m1/s1. The number of nitrogens with zero attached hydrogens (tertiary/aromatic N) is 1. The van der Waals surface area contributed by atoms with Gasteiger partial charge in [0.25, 0.3) is 5.91 Å². The maximum Gasteiger partial charge on any atom is 0.252 e. The number of carbonyl (C=O) groups is 1. The monoisotopic (exact) mass is 652 g/mol. The van der Waals surface area contributed by atoms with Gasteiger partial charge in [0.05, 0.1) is 13.7 Å². The fourth-order valence-electron chi connectivity index (χ4n) is 5.81. The van der Waals surface area contributed by atoms with Gasteiger partial charge < -0.3 is 24.6 Å². The van der Waals surface area contributed by atoms with Crippen LogP contribution in [0.5, 0.6) is 11.5 Å². The predicted molar refractivity (Wildman–Crippen MR) is 194 cm³/mol. The Morgan fingerprint density at radius 3 is 2.12 bits per heavy atom. The molecule has 0 saturated heterocycles. The van der Waals surface area contributed by atoms with E-state index in [0.717, 1.165) is 39.1 Å². The van der Waals surface area contributed by atoms with Crippen molar-refractivity contribution in [2.45, 2.75) is 31.0 Å². The van der Waals surface area contributed by atoms with Gasteiger partial charge in [-0.2, -0.15) is 0 Å². The molecule has 5 aromatic carbocycles. The Bertz CT molecular complexity index is 1860. The number of carbonyl (C=O) groups excluding carboxylic acids is 1. The second-order valence-electron chi connectivity index (χ2n) is 11.8. The number of aliphatic imine (C=N–C) groups is 1. The molecule has 0 bridgehead atoms. The predicted octanol–water partition coefficient (Wildman–Crippen LogP) is 7.80. The summed E-state index contributed by atoms with van der Waals surface area (Å²) in [6.07, 6.45) is 4.16. The maximum atomic E-state index is 14.6. The number of rotatable bonds is 14. The largest absolute Gasteiger partial charge is 0.497 e. The Labute approximate surface area is 287 Å². The molecular weight excluding hydrogens is 612 g/mol. The lowest BCUT2D eigenvalue weighted by Crippen LogP contribution is -2.47. The second-order valence-corrected chi connectivity index (χ2v) is 11.8. The molecule has 1 heterocycles. The minimum atomic E-state index is -1.31. The minimum absolute atomic E-state index is 0.0672. The number of aliphatic hydroxyl groups excluding tert-OH is 1. The summed E-state index contributed by atoms with van der Waals surface area (Å²) >= 11 is 0. The Balaban J connectivity index is 1.37. The normalized spacial score (nSPS) is 16.9. The van der Waals surface area contributed by atoms with Gasteiger partial charge in [-0.05, 0) is 64.2 Å². The molecule has 248 valence electrons. The van der Waals surface area contributed by atoms with Crippen molar-refractivity contribution in [3.8, 4) is 22.6 Å². The molecule has 0 unspecified atom stereocenters. The van der Waals surface area contributed by atoms with E-state index in [0.29, 0.717) is 37.6 Å². The lowest BCUT2D eigenvalue weighted by Gasteiger charge is -2.30. The van der Waals surface area contributed by atoms with Crippen molar-refractivity contribution in [2.75, 3.05) is 20.3 Å². The number of benzene rings is 5. The number of ether oxygens (including phenoxy) is 3. The van der Waals surface area contributed by atoms with Gasteiger partial charge in [0.1, 0.15) is 11.5 Å². The Kier molecular flexibility index (Phi) is 10.8. The number of hydrogen-bond acceptors (Lipinski definition) is 6. The second kappa shape index (κ2) is 16.0. The summed E-state index contributed by atoms with van der Waals surface area (Å²) in [6.45, 7) is 0.800. The molecule has 2 atom stereocenters. The summed E-state index contributed by atoms with van der Waals surface area (Å²) in [5.74, 6) is 1.57. The minimum Gasteiger partial charge on any atom is -0.497 e. The quantitative estimate of drug-likeness (QED) is 0.120. The lowest BCUT2D eigenvalue weighted by atomic mass is 9.83. The molecular formula is C42H40N2O5. The van der Waals surface area contributed by atoms with Crippen molar-refractivity contribution in [1.29, 1.82) is 0 Å². The van der Waals surface area contributed by atoms with E-state index in [-0.39, 0.29) is 12.5 Å². The molecule has 0 radical (unpaired) electrons. The highest BCUT2D eigenvalue weighted by atomic mass is 16.5. The number of nitrogens with one attached hydrogen (secondary N) is 1. The number of aliphatic hydroxyl groups is 1. The highest BCUT2D eigenvalue weighted by molar-refractivity contribution is 6.01. The average molecular weight is 653 g/mol. The van der Waals surface area contributed by atoms with Gasteiger partial charge in [0.2, 0.25) is 5.90 Å². The Morgan fingerprint density at radius 1 is 0.816 bits per heavy atom. The molecule has 6 rings (SSSR count). The first-order chi connectivity index (χ1) is 24.1. The molecule has 49 heavy (non-hydrogen) atoms. The van der Waals surface area contributed by atoms with E-state index in [1.54, 1.807) is 7.11 Å². The summed E-state index contributed by atoms with van der Waals surface area (Å²) < 4.78 is 17.8. The zero-order valence-corrected chi connectivity index (χ0v) is 27.5. The fourth-order valence-corrected chi connectivity index (χ4v) is 5.81. The zero-order valence-electron chi connectivity index (χ0n) is 27.5. The van der Waals surface area contributed by atoms with Gasteiger partial charge in [-0.1, -0.05) is 109 Å². The maximum absolute atomic E-state index is 14.6. The van der Waals surface area contributed by atoms with Crippen LogP contribution in [0.3, 0.4) is 0 Å². The summed E-state index contributed by atoms with van der Waals surface area (Å²) in [5, 5.41) is 12.3. The van der Waals surface area contributed by atoms with Gasteiger partial charge in [0.15, 0.2) is 11.6 Å². The first kappa shape index (κ1) is 33.2. The van der Waals surface area contributed by atoms with Gasteiger partial charge in [-0.25, -0.2) is 4.99 Å². The molecule has 0 aliphatic carbocycles. The van der Waals surface area contributed by atoms with Crippen molar-refractivity contribution < 1.29 is 24.1 Å². The molecule has 7 nitrogen and oxygen atoms in total. The molecule has 0 fully saturated rings. The SMILES string of the molecule is COc1ccc(CNC(=O)[C@]2(C/C=C/c3ccccc3)N=C(c3ccc(OCCCO)cc3)O[C@@H]2c2ccc(-c3ccccc3)cc2)cc1. The molecule has 1 amide bonds. The molecule has 7 heteroatoms. The molecule has 5 aromatic rings. The van der Waals surface area contributed by atoms with E-state index in [1.165, 1.54) is 0 Å². The van der Waals surface area contributed by atoms with E-state index < -0.39 is 11.6 Å². The van der Waals surface area contributed by atoms with E-state index >= 15 is 0 Å². The Hall–Kier alpha value is -5.66. The Morgan fingerprint density at radius 2 is 1.45 bits per heavy atom. The van der Waals surface area contributed by atoms with E-state index in [1.807, 2.05) is 121 Å².